The highest BCUT2D eigenvalue weighted by atomic mass is 16.5. The highest BCUT2D eigenvalue weighted by Crippen LogP contribution is 2.22. The minimum atomic E-state index is 0.222. The Labute approximate surface area is 94.8 Å². The van der Waals surface area contributed by atoms with Crippen molar-refractivity contribution in [2.24, 2.45) is 0 Å². The Bertz CT molecular complexity index is 310. The molecule has 2 heterocycles. The van der Waals surface area contributed by atoms with Crippen molar-refractivity contribution in [1.82, 2.24) is 15.5 Å². The lowest BCUT2D eigenvalue weighted by atomic mass is 10.1. The molecule has 1 atom stereocenters. The second-order valence-corrected chi connectivity index (χ2v) is 3.87. The summed E-state index contributed by atoms with van der Waals surface area (Å²) in [5.41, 5.74) is 0. The summed E-state index contributed by atoms with van der Waals surface area (Å²) < 4.78 is 10.4. The van der Waals surface area contributed by atoms with Crippen molar-refractivity contribution < 1.29 is 9.15 Å². The molecule has 1 saturated heterocycles. The summed E-state index contributed by atoms with van der Waals surface area (Å²) in [7, 11) is 1.66. The van der Waals surface area contributed by atoms with Gasteiger partial charge in [0.05, 0.1) is 12.6 Å². The predicted molar refractivity (Wildman–Crippen MR) is 59.3 cm³/mol. The van der Waals surface area contributed by atoms with Crippen LogP contribution in [0.15, 0.2) is 4.42 Å². The number of piperidine rings is 1. The number of rotatable bonds is 5. The number of aromatic nitrogens is 2. The summed E-state index contributed by atoms with van der Waals surface area (Å²) in [6.07, 6.45) is 3.51. The van der Waals surface area contributed by atoms with Gasteiger partial charge in [-0.3, -0.25) is 0 Å². The van der Waals surface area contributed by atoms with E-state index in [1.54, 1.807) is 7.11 Å². The Balaban J connectivity index is 1.85. The Morgan fingerprint density at radius 2 is 2.44 bits per heavy atom. The maximum atomic E-state index is 5.52. The average molecular weight is 226 g/mol. The third-order valence-corrected chi connectivity index (χ3v) is 2.63. The third kappa shape index (κ3) is 2.93. The molecule has 90 valence electrons. The van der Waals surface area contributed by atoms with Crippen LogP contribution in [0, 0.1) is 0 Å². The fourth-order valence-corrected chi connectivity index (χ4v) is 1.77. The second-order valence-electron chi connectivity index (χ2n) is 3.87. The van der Waals surface area contributed by atoms with E-state index in [0.717, 1.165) is 13.0 Å². The van der Waals surface area contributed by atoms with Gasteiger partial charge in [-0.15, -0.1) is 5.10 Å². The summed E-state index contributed by atoms with van der Waals surface area (Å²) in [6.45, 7) is 2.33. The average Bonchev–Trinajstić information content (AvgIpc) is 2.79. The maximum Gasteiger partial charge on any atom is 0.315 e. The van der Waals surface area contributed by atoms with Gasteiger partial charge in [-0.05, 0) is 19.4 Å². The first-order valence-electron chi connectivity index (χ1n) is 5.70. The number of nitrogens with zero attached hydrogens (tertiary/aromatic N) is 2. The highest BCUT2D eigenvalue weighted by molar-refractivity contribution is 5.17. The molecular formula is C10H18N4O2. The van der Waals surface area contributed by atoms with Crippen molar-refractivity contribution in [1.29, 1.82) is 0 Å². The van der Waals surface area contributed by atoms with Gasteiger partial charge in [0.1, 0.15) is 0 Å². The van der Waals surface area contributed by atoms with Crippen LogP contribution in [0.5, 0.6) is 0 Å². The minimum absolute atomic E-state index is 0.222. The van der Waals surface area contributed by atoms with Crippen LogP contribution in [0.4, 0.5) is 6.01 Å². The van der Waals surface area contributed by atoms with Crippen LogP contribution in [-0.2, 0) is 4.74 Å². The fraction of sp³-hybridized carbons (Fsp3) is 0.800. The van der Waals surface area contributed by atoms with Gasteiger partial charge in [0.15, 0.2) is 0 Å². The second kappa shape index (κ2) is 5.81. The molecule has 6 heteroatoms. The zero-order valence-corrected chi connectivity index (χ0v) is 9.53. The molecule has 1 aromatic rings. The molecule has 2 rings (SSSR count). The number of anilines is 1. The van der Waals surface area contributed by atoms with E-state index in [4.69, 9.17) is 9.15 Å². The number of ether oxygens (including phenoxy) is 1. The summed E-state index contributed by atoms with van der Waals surface area (Å²) in [6, 6.07) is 0.693. The first-order chi connectivity index (χ1) is 7.90. The van der Waals surface area contributed by atoms with E-state index in [1.165, 1.54) is 12.8 Å². The van der Waals surface area contributed by atoms with Crippen molar-refractivity contribution in [3.8, 4) is 0 Å². The van der Waals surface area contributed by atoms with Gasteiger partial charge in [0.2, 0.25) is 5.89 Å². The van der Waals surface area contributed by atoms with E-state index in [0.29, 0.717) is 25.1 Å². The number of nitrogens with one attached hydrogen (secondary N) is 2. The van der Waals surface area contributed by atoms with Gasteiger partial charge in [0.25, 0.3) is 0 Å². The molecular weight excluding hydrogens is 208 g/mol. The summed E-state index contributed by atoms with van der Waals surface area (Å²) in [5.74, 6) is 0.680. The molecule has 0 aliphatic carbocycles. The molecule has 1 aliphatic heterocycles. The predicted octanol–water partition coefficient (Wildman–Crippen LogP) is 0.942. The number of hydrogen-bond donors (Lipinski definition) is 2. The molecule has 16 heavy (non-hydrogen) atoms. The zero-order chi connectivity index (χ0) is 11.2. The first kappa shape index (κ1) is 11.3. The van der Waals surface area contributed by atoms with Crippen molar-refractivity contribution in [2.75, 3.05) is 32.1 Å². The summed E-state index contributed by atoms with van der Waals surface area (Å²) in [4.78, 5) is 0. The van der Waals surface area contributed by atoms with E-state index in [2.05, 4.69) is 20.8 Å². The van der Waals surface area contributed by atoms with Crippen LogP contribution in [0.2, 0.25) is 0 Å². The van der Waals surface area contributed by atoms with Crippen molar-refractivity contribution in [3.05, 3.63) is 5.89 Å². The van der Waals surface area contributed by atoms with Gasteiger partial charge in [0, 0.05) is 13.7 Å². The highest BCUT2D eigenvalue weighted by Gasteiger charge is 2.20. The maximum absolute atomic E-state index is 5.52. The minimum Gasteiger partial charge on any atom is -0.406 e. The molecule has 6 nitrogen and oxygen atoms in total. The lowest BCUT2D eigenvalue weighted by molar-refractivity contribution is 0.210. The quantitative estimate of drug-likeness (QED) is 0.728. The number of methoxy groups -OCH3 is 1. The van der Waals surface area contributed by atoms with E-state index < -0.39 is 0 Å². The molecule has 0 aromatic carbocycles. The summed E-state index contributed by atoms with van der Waals surface area (Å²) in [5, 5.41) is 14.4. The molecule has 1 fully saturated rings. The van der Waals surface area contributed by atoms with Crippen LogP contribution < -0.4 is 10.6 Å². The fourth-order valence-electron chi connectivity index (χ4n) is 1.77. The topological polar surface area (TPSA) is 72.2 Å². The normalized spacial score (nSPS) is 20.9. The Morgan fingerprint density at radius 3 is 3.19 bits per heavy atom. The third-order valence-electron chi connectivity index (χ3n) is 2.63. The van der Waals surface area contributed by atoms with Crippen LogP contribution in [0.1, 0.15) is 31.2 Å². The van der Waals surface area contributed by atoms with E-state index in [-0.39, 0.29) is 6.04 Å². The first-order valence-corrected chi connectivity index (χ1v) is 5.70. The summed E-state index contributed by atoms with van der Waals surface area (Å²) >= 11 is 0. The van der Waals surface area contributed by atoms with Gasteiger partial charge >= 0.3 is 6.01 Å². The zero-order valence-electron chi connectivity index (χ0n) is 9.53. The van der Waals surface area contributed by atoms with Gasteiger partial charge in [-0.25, -0.2) is 0 Å². The number of hydrogen-bond acceptors (Lipinski definition) is 6. The molecule has 0 radical (unpaired) electrons. The molecule has 0 bridgehead atoms. The molecule has 0 spiro atoms. The van der Waals surface area contributed by atoms with Crippen molar-refractivity contribution in [3.63, 3.8) is 0 Å². The Morgan fingerprint density at radius 1 is 1.50 bits per heavy atom. The largest absolute Gasteiger partial charge is 0.406 e. The SMILES string of the molecule is COCCNc1nnc(C2CCCCN2)o1. The van der Waals surface area contributed by atoms with Crippen LogP contribution >= 0.6 is 0 Å². The van der Waals surface area contributed by atoms with E-state index >= 15 is 0 Å². The molecule has 2 N–H and O–H groups in total. The van der Waals surface area contributed by atoms with Gasteiger partial charge in [-0.1, -0.05) is 11.5 Å². The van der Waals surface area contributed by atoms with E-state index in [9.17, 15) is 0 Å². The van der Waals surface area contributed by atoms with Gasteiger partial charge < -0.3 is 19.8 Å². The molecule has 1 aromatic heterocycles. The lowest BCUT2D eigenvalue weighted by Gasteiger charge is -2.19. The smallest absolute Gasteiger partial charge is 0.315 e. The lowest BCUT2D eigenvalue weighted by Crippen LogP contribution is -2.26. The molecule has 1 aliphatic rings. The standard InChI is InChI=1S/C10H18N4O2/c1-15-7-6-12-10-14-13-9(16-10)8-4-2-3-5-11-8/h8,11H,2-7H2,1H3,(H,12,14). The Hall–Kier alpha value is -1.14. The molecule has 0 saturated carbocycles. The molecule has 0 amide bonds. The van der Waals surface area contributed by atoms with Crippen LogP contribution in [0.3, 0.4) is 0 Å². The monoisotopic (exact) mass is 226 g/mol. The van der Waals surface area contributed by atoms with E-state index in [1.807, 2.05) is 0 Å². The van der Waals surface area contributed by atoms with Crippen molar-refractivity contribution >= 4 is 6.01 Å². The Kier molecular flexibility index (Phi) is 4.12. The van der Waals surface area contributed by atoms with Gasteiger partial charge in [-0.2, -0.15) is 0 Å². The van der Waals surface area contributed by atoms with Crippen LogP contribution in [-0.4, -0.2) is 37.0 Å². The molecule has 1 unspecified atom stereocenters. The van der Waals surface area contributed by atoms with Crippen LogP contribution in [0.25, 0.3) is 0 Å². The van der Waals surface area contributed by atoms with Crippen molar-refractivity contribution in [2.45, 2.75) is 25.3 Å².